The lowest BCUT2D eigenvalue weighted by molar-refractivity contribution is 0.353. The molecule has 1 heteroatoms. The summed E-state index contributed by atoms with van der Waals surface area (Å²) in [6.45, 7) is 16.2. The molecule has 0 aliphatic heterocycles. The standard InChI is InChI=1S/C14H23N/c1-8-12(5)10-14(9-2)13(6)15(7)11(3)4/h8-11H,1,6H2,2-5,7H3/b12-10-,14-9+. The summed E-state index contributed by atoms with van der Waals surface area (Å²) in [4.78, 5) is 2.17. The van der Waals surface area contributed by atoms with Crippen LogP contribution in [0.15, 0.2) is 48.2 Å². The SMILES string of the molecule is C=C/C(C)=C\C(=C/C)C(=C)N(C)C(C)C. The van der Waals surface area contributed by atoms with Gasteiger partial charge in [0.25, 0.3) is 0 Å². The van der Waals surface area contributed by atoms with Crippen molar-refractivity contribution in [2.24, 2.45) is 0 Å². The van der Waals surface area contributed by atoms with Crippen LogP contribution >= 0.6 is 0 Å². The summed E-state index contributed by atoms with van der Waals surface area (Å²) in [5.74, 6) is 0. The van der Waals surface area contributed by atoms with Gasteiger partial charge in [-0.15, -0.1) is 0 Å². The van der Waals surface area contributed by atoms with E-state index in [1.807, 2.05) is 19.9 Å². The van der Waals surface area contributed by atoms with Crippen LogP contribution < -0.4 is 0 Å². The first-order valence-electron chi connectivity index (χ1n) is 5.33. The predicted octanol–water partition coefficient (Wildman–Crippen LogP) is 3.92. The fraction of sp³-hybridized carbons (Fsp3) is 0.429. The minimum atomic E-state index is 0.463. The molecule has 0 aromatic carbocycles. The van der Waals surface area contributed by atoms with Crippen LogP contribution in [0.2, 0.25) is 0 Å². The summed E-state index contributed by atoms with van der Waals surface area (Å²) in [7, 11) is 2.06. The molecule has 0 fully saturated rings. The second kappa shape index (κ2) is 6.28. The van der Waals surface area contributed by atoms with Crippen molar-refractivity contribution >= 4 is 0 Å². The van der Waals surface area contributed by atoms with E-state index in [2.05, 4.69) is 51.1 Å². The Labute approximate surface area is 94.5 Å². The Morgan fingerprint density at radius 3 is 2.20 bits per heavy atom. The Hall–Kier alpha value is -1.24. The molecule has 0 radical (unpaired) electrons. The molecular formula is C14H23N. The first-order chi connectivity index (χ1) is 6.93. The van der Waals surface area contributed by atoms with Gasteiger partial charge in [0.2, 0.25) is 0 Å². The summed E-state index contributed by atoms with van der Waals surface area (Å²) >= 11 is 0. The third-order valence-corrected chi connectivity index (χ3v) is 2.55. The molecule has 84 valence electrons. The van der Waals surface area contributed by atoms with Crippen LogP contribution in [0.3, 0.4) is 0 Å². The van der Waals surface area contributed by atoms with Gasteiger partial charge in [0.15, 0.2) is 0 Å². The summed E-state index contributed by atoms with van der Waals surface area (Å²) in [5.41, 5.74) is 3.36. The zero-order valence-electron chi connectivity index (χ0n) is 10.7. The predicted molar refractivity (Wildman–Crippen MR) is 69.8 cm³/mol. The highest BCUT2D eigenvalue weighted by atomic mass is 15.1. The van der Waals surface area contributed by atoms with Gasteiger partial charge in [0.05, 0.1) is 0 Å². The second-order valence-corrected chi connectivity index (χ2v) is 3.99. The maximum atomic E-state index is 4.11. The second-order valence-electron chi connectivity index (χ2n) is 3.99. The largest absolute Gasteiger partial charge is 0.372 e. The summed E-state index contributed by atoms with van der Waals surface area (Å²) < 4.78 is 0. The molecule has 0 spiro atoms. The minimum Gasteiger partial charge on any atom is -0.372 e. The van der Waals surface area contributed by atoms with Crippen LogP contribution in [0.5, 0.6) is 0 Å². The van der Waals surface area contributed by atoms with Crippen molar-refractivity contribution in [3.8, 4) is 0 Å². The van der Waals surface area contributed by atoms with Gasteiger partial charge in [-0.05, 0) is 33.3 Å². The molecule has 0 aliphatic rings. The van der Waals surface area contributed by atoms with E-state index >= 15 is 0 Å². The van der Waals surface area contributed by atoms with Gasteiger partial charge in [0, 0.05) is 18.8 Å². The minimum absolute atomic E-state index is 0.463. The molecule has 0 amide bonds. The van der Waals surface area contributed by atoms with Crippen molar-refractivity contribution in [3.63, 3.8) is 0 Å². The zero-order valence-corrected chi connectivity index (χ0v) is 10.7. The molecule has 0 saturated carbocycles. The average molecular weight is 205 g/mol. The fourth-order valence-electron chi connectivity index (χ4n) is 1.15. The van der Waals surface area contributed by atoms with Crippen LogP contribution in [0, 0.1) is 0 Å². The van der Waals surface area contributed by atoms with Gasteiger partial charge in [-0.3, -0.25) is 0 Å². The molecule has 0 aromatic heterocycles. The van der Waals surface area contributed by atoms with Gasteiger partial charge in [-0.25, -0.2) is 0 Å². The van der Waals surface area contributed by atoms with E-state index in [4.69, 9.17) is 0 Å². The first kappa shape index (κ1) is 13.8. The maximum absolute atomic E-state index is 4.11. The number of allylic oxidation sites excluding steroid dienone is 4. The molecule has 1 nitrogen and oxygen atoms in total. The summed E-state index contributed by atoms with van der Waals surface area (Å²) in [6.07, 6.45) is 6.04. The molecule has 0 heterocycles. The van der Waals surface area contributed by atoms with Crippen molar-refractivity contribution in [1.29, 1.82) is 0 Å². The highest BCUT2D eigenvalue weighted by molar-refractivity contribution is 5.40. The normalized spacial score (nSPS) is 12.9. The topological polar surface area (TPSA) is 3.24 Å². The molecule has 0 rings (SSSR count). The van der Waals surface area contributed by atoms with Crippen molar-refractivity contribution < 1.29 is 0 Å². The Bertz CT molecular complexity index is 292. The molecule has 15 heavy (non-hydrogen) atoms. The van der Waals surface area contributed by atoms with E-state index < -0.39 is 0 Å². The van der Waals surface area contributed by atoms with Crippen LogP contribution in [0.4, 0.5) is 0 Å². The Morgan fingerprint density at radius 1 is 1.33 bits per heavy atom. The molecular weight excluding hydrogens is 182 g/mol. The van der Waals surface area contributed by atoms with Crippen LogP contribution in [0.1, 0.15) is 27.7 Å². The average Bonchev–Trinajstić information content (AvgIpc) is 2.23. The lowest BCUT2D eigenvalue weighted by Crippen LogP contribution is -2.25. The fourth-order valence-corrected chi connectivity index (χ4v) is 1.15. The number of hydrogen-bond acceptors (Lipinski definition) is 1. The first-order valence-corrected chi connectivity index (χ1v) is 5.33. The van der Waals surface area contributed by atoms with E-state index in [0.29, 0.717) is 6.04 Å². The van der Waals surface area contributed by atoms with Gasteiger partial charge in [0.1, 0.15) is 0 Å². The molecule has 0 atom stereocenters. The zero-order chi connectivity index (χ0) is 12.0. The smallest absolute Gasteiger partial charge is 0.0363 e. The highest BCUT2D eigenvalue weighted by Crippen LogP contribution is 2.17. The molecule has 0 unspecified atom stereocenters. The van der Waals surface area contributed by atoms with E-state index in [-0.39, 0.29) is 0 Å². The van der Waals surface area contributed by atoms with Crippen molar-refractivity contribution in [1.82, 2.24) is 4.90 Å². The third-order valence-electron chi connectivity index (χ3n) is 2.55. The number of nitrogens with zero attached hydrogens (tertiary/aromatic N) is 1. The Morgan fingerprint density at radius 2 is 1.87 bits per heavy atom. The van der Waals surface area contributed by atoms with Crippen molar-refractivity contribution in [2.75, 3.05) is 7.05 Å². The van der Waals surface area contributed by atoms with Gasteiger partial charge >= 0.3 is 0 Å². The molecule has 0 bridgehead atoms. The quantitative estimate of drug-likeness (QED) is 0.615. The summed E-state index contributed by atoms with van der Waals surface area (Å²) in [5, 5.41) is 0. The highest BCUT2D eigenvalue weighted by Gasteiger charge is 2.08. The van der Waals surface area contributed by atoms with Crippen LogP contribution in [-0.4, -0.2) is 18.0 Å². The number of rotatable bonds is 5. The lowest BCUT2D eigenvalue weighted by Gasteiger charge is -2.26. The van der Waals surface area contributed by atoms with E-state index in [1.54, 1.807) is 0 Å². The van der Waals surface area contributed by atoms with Gasteiger partial charge in [-0.2, -0.15) is 0 Å². The van der Waals surface area contributed by atoms with E-state index in [1.165, 1.54) is 0 Å². The summed E-state index contributed by atoms with van der Waals surface area (Å²) in [6, 6.07) is 0.463. The van der Waals surface area contributed by atoms with Gasteiger partial charge < -0.3 is 4.90 Å². The third kappa shape index (κ3) is 4.20. The lowest BCUT2D eigenvalue weighted by atomic mass is 10.1. The number of likely N-dealkylation sites (N-methyl/N-ethyl adjacent to an activating group) is 1. The molecule has 0 saturated heterocycles. The van der Waals surface area contributed by atoms with Crippen molar-refractivity contribution in [2.45, 2.75) is 33.7 Å². The molecule has 0 aromatic rings. The van der Waals surface area contributed by atoms with Crippen LogP contribution in [0.25, 0.3) is 0 Å². The molecule has 0 N–H and O–H groups in total. The molecule has 0 aliphatic carbocycles. The monoisotopic (exact) mass is 205 g/mol. The Balaban J connectivity index is 4.87. The van der Waals surface area contributed by atoms with Crippen molar-refractivity contribution in [3.05, 3.63) is 48.2 Å². The van der Waals surface area contributed by atoms with E-state index in [0.717, 1.165) is 16.8 Å². The number of hydrogen-bond donors (Lipinski definition) is 0. The van der Waals surface area contributed by atoms with E-state index in [9.17, 15) is 0 Å². The van der Waals surface area contributed by atoms with Crippen LogP contribution in [-0.2, 0) is 0 Å². The maximum Gasteiger partial charge on any atom is 0.0363 e. The van der Waals surface area contributed by atoms with Gasteiger partial charge in [-0.1, -0.05) is 37.0 Å². The Kier molecular flexibility index (Phi) is 5.76.